The van der Waals surface area contributed by atoms with Gasteiger partial charge in [0.2, 0.25) is 5.91 Å². The SMILES string of the molecule is O=C(Nc1ccc(Cl)cn1)c1ncccc1NC(=O)[C@H]1CC[C@H](N2CCOC2=O)CC1. The van der Waals surface area contributed by atoms with E-state index in [2.05, 4.69) is 20.6 Å². The van der Waals surface area contributed by atoms with Gasteiger partial charge in [-0.25, -0.2) is 14.8 Å². The van der Waals surface area contributed by atoms with Gasteiger partial charge in [0.15, 0.2) is 5.69 Å². The number of nitrogens with zero attached hydrogens (tertiary/aromatic N) is 3. The quantitative estimate of drug-likeness (QED) is 0.732. The Kier molecular flexibility index (Phi) is 6.31. The van der Waals surface area contributed by atoms with Gasteiger partial charge in [0, 0.05) is 24.4 Å². The van der Waals surface area contributed by atoms with Crippen LogP contribution in [-0.2, 0) is 9.53 Å². The number of anilines is 2. The first-order valence-corrected chi connectivity index (χ1v) is 10.5. The third kappa shape index (κ3) is 4.93. The topological polar surface area (TPSA) is 114 Å². The van der Waals surface area contributed by atoms with Crippen LogP contribution in [-0.4, -0.2) is 52.0 Å². The molecule has 2 N–H and O–H groups in total. The van der Waals surface area contributed by atoms with Gasteiger partial charge in [-0.3, -0.25) is 9.59 Å². The van der Waals surface area contributed by atoms with Gasteiger partial charge in [0.25, 0.3) is 5.91 Å². The minimum absolute atomic E-state index is 0.0982. The smallest absolute Gasteiger partial charge is 0.410 e. The van der Waals surface area contributed by atoms with Gasteiger partial charge in [0.1, 0.15) is 12.4 Å². The zero-order valence-corrected chi connectivity index (χ0v) is 17.5. The largest absolute Gasteiger partial charge is 0.448 e. The predicted molar refractivity (Wildman–Crippen MR) is 114 cm³/mol. The van der Waals surface area contributed by atoms with E-state index in [1.54, 1.807) is 29.2 Å². The molecule has 4 rings (SSSR count). The molecule has 2 aromatic heterocycles. The number of amides is 3. The van der Waals surface area contributed by atoms with E-state index in [-0.39, 0.29) is 29.7 Å². The van der Waals surface area contributed by atoms with Gasteiger partial charge in [-0.2, -0.15) is 0 Å². The summed E-state index contributed by atoms with van der Waals surface area (Å²) in [6.07, 6.45) is 5.46. The Morgan fingerprint density at radius 3 is 2.58 bits per heavy atom. The molecular weight excluding hydrogens is 422 g/mol. The molecule has 1 saturated carbocycles. The van der Waals surface area contributed by atoms with E-state index in [0.717, 1.165) is 12.8 Å². The van der Waals surface area contributed by atoms with Crippen LogP contribution in [0.3, 0.4) is 0 Å². The molecule has 162 valence electrons. The number of pyridine rings is 2. The Hall–Kier alpha value is -3.20. The lowest BCUT2D eigenvalue weighted by Crippen LogP contribution is -2.40. The van der Waals surface area contributed by atoms with Crippen LogP contribution in [0.5, 0.6) is 0 Å². The highest BCUT2D eigenvalue weighted by molar-refractivity contribution is 6.30. The van der Waals surface area contributed by atoms with Crippen LogP contribution in [0.1, 0.15) is 36.2 Å². The summed E-state index contributed by atoms with van der Waals surface area (Å²) in [6.45, 7) is 1.04. The number of carbonyl (C=O) groups is 3. The second-order valence-corrected chi connectivity index (χ2v) is 7.95. The lowest BCUT2D eigenvalue weighted by atomic mass is 9.85. The molecule has 0 unspecified atom stereocenters. The molecule has 9 nitrogen and oxygen atoms in total. The normalized spacial score (nSPS) is 20.8. The van der Waals surface area contributed by atoms with Crippen LogP contribution < -0.4 is 10.6 Å². The van der Waals surface area contributed by atoms with Gasteiger partial charge >= 0.3 is 6.09 Å². The lowest BCUT2D eigenvalue weighted by molar-refractivity contribution is -0.121. The van der Waals surface area contributed by atoms with E-state index in [0.29, 0.717) is 42.5 Å². The second-order valence-electron chi connectivity index (χ2n) is 7.52. The Bertz CT molecular complexity index is 976. The minimum atomic E-state index is -0.484. The van der Waals surface area contributed by atoms with E-state index in [1.165, 1.54) is 12.4 Å². The van der Waals surface area contributed by atoms with E-state index in [4.69, 9.17) is 16.3 Å². The van der Waals surface area contributed by atoms with Crippen molar-refractivity contribution < 1.29 is 19.1 Å². The van der Waals surface area contributed by atoms with Crippen LogP contribution in [0.4, 0.5) is 16.3 Å². The summed E-state index contributed by atoms with van der Waals surface area (Å²) in [5.41, 5.74) is 0.435. The maximum absolute atomic E-state index is 12.8. The third-order valence-corrected chi connectivity index (χ3v) is 5.77. The van der Waals surface area contributed by atoms with Crippen molar-refractivity contribution in [2.45, 2.75) is 31.7 Å². The van der Waals surface area contributed by atoms with Crippen molar-refractivity contribution in [1.82, 2.24) is 14.9 Å². The Morgan fingerprint density at radius 1 is 1.10 bits per heavy atom. The highest BCUT2D eigenvalue weighted by Gasteiger charge is 2.34. The molecule has 0 bridgehead atoms. The number of halogens is 1. The maximum atomic E-state index is 12.8. The zero-order chi connectivity index (χ0) is 21.8. The molecule has 0 aromatic carbocycles. The summed E-state index contributed by atoms with van der Waals surface area (Å²) in [5.74, 6) is -0.504. The van der Waals surface area contributed by atoms with E-state index in [1.807, 2.05) is 0 Å². The number of hydrogen-bond acceptors (Lipinski definition) is 6. The first-order valence-electron chi connectivity index (χ1n) is 10.1. The monoisotopic (exact) mass is 443 g/mol. The molecule has 10 heteroatoms. The van der Waals surface area contributed by atoms with Crippen LogP contribution in [0.2, 0.25) is 5.02 Å². The molecule has 31 heavy (non-hydrogen) atoms. The second kappa shape index (κ2) is 9.30. The van der Waals surface area contributed by atoms with E-state index in [9.17, 15) is 14.4 Å². The fourth-order valence-electron chi connectivity index (χ4n) is 3.93. The van der Waals surface area contributed by atoms with Crippen LogP contribution in [0.15, 0.2) is 36.7 Å². The zero-order valence-electron chi connectivity index (χ0n) is 16.7. The number of aromatic nitrogens is 2. The van der Waals surface area contributed by atoms with Gasteiger partial charge in [-0.15, -0.1) is 0 Å². The summed E-state index contributed by atoms with van der Waals surface area (Å²) < 4.78 is 5.01. The van der Waals surface area contributed by atoms with Crippen molar-refractivity contribution in [3.63, 3.8) is 0 Å². The Balaban J connectivity index is 1.37. The van der Waals surface area contributed by atoms with Crippen molar-refractivity contribution >= 4 is 41.0 Å². The highest BCUT2D eigenvalue weighted by Crippen LogP contribution is 2.30. The molecule has 2 aliphatic rings. The molecule has 1 aliphatic carbocycles. The summed E-state index contributed by atoms with van der Waals surface area (Å²) in [6, 6.07) is 6.61. The molecule has 0 radical (unpaired) electrons. The van der Waals surface area contributed by atoms with Crippen LogP contribution >= 0.6 is 11.6 Å². The molecular formula is C21H22ClN5O4. The maximum Gasteiger partial charge on any atom is 0.410 e. The summed E-state index contributed by atoms with van der Waals surface area (Å²) in [4.78, 5) is 47.1. The van der Waals surface area contributed by atoms with E-state index >= 15 is 0 Å². The Labute approximate surface area is 184 Å². The van der Waals surface area contributed by atoms with Gasteiger partial charge in [-0.05, 0) is 49.9 Å². The van der Waals surface area contributed by atoms with Crippen molar-refractivity contribution in [2.24, 2.45) is 5.92 Å². The number of cyclic esters (lactones) is 1. The third-order valence-electron chi connectivity index (χ3n) is 5.55. The van der Waals surface area contributed by atoms with Gasteiger partial charge in [-0.1, -0.05) is 11.6 Å². The van der Waals surface area contributed by atoms with Crippen LogP contribution in [0, 0.1) is 5.92 Å². The van der Waals surface area contributed by atoms with Crippen molar-refractivity contribution in [2.75, 3.05) is 23.8 Å². The van der Waals surface area contributed by atoms with Crippen molar-refractivity contribution in [1.29, 1.82) is 0 Å². The summed E-state index contributed by atoms with van der Waals surface area (Å²) in [7, 11) is 0. The number of hydrogen-bond donors (Lipinski definition) is 2. The summed E-state index contributed by atoms with van der Waals surface area (Å²) >= 11 is 5.81. The molecule has 3 amide bonds. The minimum Gasteiger partial charge on any atom is -0.448 e. The molecule has 3 heterocycles. The standard InChI is InChI=1S/C21H22ClN5O4/c22-14-5-8-17(24-12-14)26-20(29)18-16(2-1-9-23-18)25-19(28)13-3-6-15(7-4-13)27-10-11-31-21(27)30/h1-2,5,8-9,12-13,15H,3-4,6-7,10-11H2,(H,25,28)(H,24,26,29)/t13-,15-. The molecule has 1 aliphatic heterocycles. The highest BCUT2D eigenvalue weighted by atomic mass is 35.5. The van der Waals surface area contributed by atoms with Crippen molar-refractivity contribution in [3.8, 4) is 0 Å². The van der Waals surface area contributed by atoms with Gasteiger partial charge in [0.05, 0.1) is 17.3 Å². The van der Waals surface area contributed by atoms with E-state index < -0.39 is 5.91 Å². The van der Waals surface area contributed by atoms with Gasteiger partial charge < -0.3 is 20.3 Å². The number of rotatable bonds is 5. The molecule has 1 saturated heterocycles. The molecule has 2 fully saturated rings. The molecule has 2 aromatic rings. The lowest BCUT2D eigenvalue weighted by Gasteiger charge is -2.32. The van der Waals surface area contributed by atoms with Crippen LogP contribution in [0.25, 0.3) is 0 Å². The molecule has 0 spiro atoms. The molecule has 0 atom stereocenters. The number of carbonyl (C=O) groups excluding carboxylic acids is 3. The first-order chi connectivity index (χ1) is 15.0. The number of nitrogens with one attached hydrogen (secondary N) is 2. The first kappa shape index (κ1) is 21.0. The van der Waals surface area contributed by atoms with Crippen molar-refractivity contribution in [3.05, 3.63) is 47.4 Å². The Morgan fingerprint density at radius 2 is 1.90 bits per heavy atom. The summed E-state index contributed by atoms with van der Waals surface area (Å²) in [5, 5.41) is 5.95. The number of ether oxygens (including phenoxy) is 1. The fourth-order valence-corrected chi connectivity index (χ4v) is 4.05. The average molecular weight is 444 g/mol. The average Bonchev–Trinajstić information content (AvgIpc) is 3.21. The predicted octanol–water partition coefficient (Wildman–Crippen LogP) is 3.33. The fraction of sp³-hybridized carbons (Fsp3) is 0.381.